The second kappa shape index (κ2) is 6.85. The molecule has 0 spiro atoms. The molecule has 4 rings (SSSR count). The molecule has 6 nitrogen and oxygen atoms in total. The highest BCUT2D eigenvalue weighted by atomic mass is 32.1. The van der Waals surface area contributed by atoms with Crippen LogP contribution in [-0.4, -0.2) is 22.6 Å². The summed E-state index contributed by atoms with van der Waals surface area (Å²) in [6, 6.07) is 11.5. The molecule has 27 heavy (non-hydrogen) atoms. The molecule has 0 unspecified atom stereocenters. The zero-order valence-electron chi connectivity index (χ0n) is 14.8. The smallest absolute Gasteiger partial charge is 0.374 e. The number of nitrogens with zero attached hydrogens (tertiary/aromatic N) is 2. The fourth-order valence-corrected chi connectivity index (χ4v) is 4.12. The van der Waals surface area contributed by atoms with Crippen LogP contribution in [0.1, 0.15) is 21.0 Å². The van der Waals surface area contributed by atoms with Gasteiger partial charge in [-0.3, -0.25) is 9.36 Å². The van der Waals surface area contributed by atoms with E-state index in [-0.39, 0.29) is 17.9 Å². The van der Waals surface area contributed by atoms with Crippen LogP contribution in [0.2, 0.25) is 0 Å². The summed E-state index contributed by atoms with van der Waals surface area (Å²) in [7, 11) is 1.29. The van der Waals surface area contributed by atoms with Gasteiger partial charge in [0.15, 0.2) is 0 Å². The van der Waals surface area contributed by atoms with Crippen molar-refractivity contribution in [2.24, 2.45) is 0 Å². The Balaban J connectivity index is 1.85. The van der Waals surface area contributed by atoms with Crippen molar-refractivity contribution in [3.8, 4) is 11.1 Å². The lowest BCUT2D eigenvalue weighted by Gasteiger charge is -2.06. The molecule has 0 aliphatic rings. The number of hydrogen-bond acceptors (Lipinski definition) is 6. The van der Waals surface area contributed by atoms with E-state index >= 15 is 0 Å². The topological polar surface area (TPSA) is 74.3 Å². The number of aromatic nitrogens is 2. The van der Waals surface area contributed by atoms with Crippen molar-refractivity contribution in [1.29, 1.82) is 0 Å². The number of carbonyl (C=O) groups excluding carboxylic acids is 1. The SMILES string of the molecule is COC(=O)c1occc1Cn1cnc2sc(C)c(-c3ccccc3)c2c1=O. The summed E-state index contributed by atoms with van der Waals surface area (Å²) in [6.45, 7) is 2.16. The van der Waals surface area contributed by atoms with Gasteiger partial charge in [0.1, 0.15) is 4.83 Å². The Morgan fingerprint density at radius 1 is 1.26 bits per heavy atom. The first-order chi connectivity index (χ1) is 13.1. The molecule has 7 heteroatoms. The molecule has 0 saturated heterocycles. The summed E-state index contributed by atoms with van der Waals surface area (Å²) in [5, 5.41) is 0.592. The zero-order valence-corrected chi connectivity index (χ0v) is 15.6. The molecule has 0 fully saturated rings. The number of methoxy groups -OCH3 is 1. The summed E-state index contributed by atoms with van der Waals surface area (Å²) in [5.74, 6) is -0.484. The number of carbonyl (C=O) groups is 1. The van der Waals surface area contributed by atoms with E-state index in [0.717, 1.165) is 16.0 Å². The van der Waals surface area contributed by atoms with E-state index in [1.807, 2.05) is 37.3 Å². The molecule has 3 heterocycles. The first kappa shape index (κ1) is 17.2. The number of benzene rings is 1. The Morgan fingerprint density at radius 3 is 2.78 bits per heavy atom. The molecule has 0 amide bonds. The molecule has 3 aromatic heterocycles. The third-order valence-electron chi connectivity index (χ3n) is 4.38. The number of rotatable bonds is 4. The van der Waals surface area contributed by atoms with Gasteiger partial charge < -0.3 is 9.15 Å². The van der Waals surface area contributed by atoms with E-state index in [1.54, 1.807) is 6.07 Å². The van der Waals surface area contributed by atoms with Crippen molar-refractivity contribution in [2.45, 2.75) is 13.5 Å². The average molecular weight is 380 g/mol. The van der Waals surface area contributed by atoms with Gasteiger partial charge in [-0.15, -0.1) is 11.3 Å². The van der Waals surface area contributed by atoms with Crippen LogP contribution in [-0.2, 0) is 11.3 Å². The maximum atomic E-state index is 13.2. The van der Waals surface area contributed by atoms with Crippen molar-refractivity contribution in [2.75, 3.05) is 7.11 Å². The van der Waals surface area contributed by atoms with Crippen LogP contribution in [0, 0.1) is 6.92 Å². The van der Waals surface area contributed by atoms with Crippen molar-refractivity contribution >= 4 is 27.5 Å². The van der Waals surface area contributed by atoms with Gasteiger partial charge in [-0.05, 0) is 18.6 Å². The number of fused-ring (bicyclic) bond motifs is 1. The molecule has 136 valence electrons. The van der Waals surface area contributed by atoms with Gasteiger partial charge in [0, 0.05) is 16.0 Å². The highest BCUT2D eigenvalue weighted by molar-refractivity contribution is 7.19. The van der Waals surface area contributed by atoms with Gasteiger partial charge in [0.2, 0.25) is 5.76 Å². The minimum Gasteiger partial charge on any atom is -0.463 e. The summed E-state index contributed by atoms with van der Waals surface area (Å²) in [5.41, 5.74) is 2.30. The van der Waals surface area contributed by atoms with E-state index < -0.39 is 5.97 Å². The predicted molar refractivity (Wildman–Crippen MR) is 103 cm³/mol. The largest absolute Gasteiger partial charge is 0.463 e. The Morgan fingerprint density at radius 2 is 2.04 bits per heavy atom. The number of hydrogen-bond donors (Lipinski definition) is 0. The van der Waals surface area contributed by atoms with E-state index in [9.17, 15) is 9.59 Å². The average Bonchev–Trinajstić information content (AvgIpc) is 3.28. The van der Waals surface area contributed by atoms with Gasteiger partial charge in [-0.2, -0.15) is 0 Å². The minimum absolute atomic E-state index is 0.0919. The van der Waals surface area contributed by atoms with E-state index in [0.29, 0.717) is 15.8 Å². The third kappa shape index (κ3) is 2.96. The molecule has 0 atom stereocenters. The highest BCUT2D eigenvalue weighted by Crippen LogP contribution is 2.35. The lowest BCUT2D eigenvalue weighted by atomic mass is 10.0. The normalized spacial score (nSPS) is 11.0. The van der Waals surface area contributed by atoms with Gasteiger partial charge in [0.25, 0.3) is 5.56 Å². The molecule has 0 N–H and O–H groups in total. The zero-order chi connectivity index (χ0) is 19.0. The minimum atomic E-state index is -0.576. The first-order valence-corrected chi connectivity index (χ1v) is 9.10. The van der Waals surface area contributed by atoms with Crippen molar-refractivity contribution in [3.63, 3.8) is 0 Å². The van der Waals surface area contributed by atoms with Gasteiger partial charge in [0.05, 0.1) is 31.6 Å². The van der Waals surface area contributed by atoms with Crippen molar-refractivity contribution in [1.82, 2.24) is 9.55 Å². The van der Waals surface area contributed by atoms with Crippen LogP contribution in [0.25, 0.3) is 21.3 Å². The monoisotopic (exact) mass is 380 g/mol. The standard InChI is InChI=1S/C20H16N2O4S/c1-12-15(13-6-4-3-5-7-13)16-18(27-12)21-11-22(19(16)23)10-14-8-9-26-17(14)20(24)25-2/h3-9,11H,10H2,1-2H3. The maximum Gasteiger partial charge on any atom is 0.374 e. The number of aryl methyl sites for hydroxylation is 1. The summed E-state index contributed by atoms with van der Waals surface area (Å²) >= 11 is 1.50. The molecular weight excluding hydrogens is 364 g/mol. The molecule has 4 aromatic rings. The van der Waals surface area contributed by atoms with Crippen LogP contribution in [0.5, 0.6) is 0 Å². The van der Waals surface area contributed by atoms with Gasteiger partial charge in [-0.25, -0.2) is 9.78 Å². The van der Waals surface area contributed by atoms with E-state index in [2.05, 4.69) is 4.98 Å². The van der Waals surface area contributed by atoms with Crippen LogP contribution >= 0.6 is 11.3 Å². The van der Waals surface area contributed by atoms with Crippen molar-refractivity contribution in [3.05, 3.63) is 75.5 Å². The number of furan rings is 1. The van der Waals surface area contributed by atoms with E-state index in [1.165, 1.54) is 35.6 Å². The number of esters is 1. The Hall–Kier alpha value is -3.19. The Labute approximate surface area is 158 Å². The molecule has 1 aromatic carbocycles. The lowest BCUT2D eigenvalue weighted by Crippen LogP contribution is -2.21. The lowest BCUT2D eigenvalue weighted by molar-refractivity contribution is 0.0563. The van der Waals surface area contributed by atoms with Gasteiger partial charge in [-0.1, -0.05) is 30.3 Å². The van der Waals surface area contributed by atoms with Crippen molar-refractivity contribution < 1.29 is 13.9 Å². The number of ether oxygens (including phenoxy) is 1. The highest BCUT2D eigenvalue weighted by Gasteiger charge is 2.19. The van der Waals surface area contributed by atoms with Crippen LogP contribution in [0.4, 0.5) is 0 Å². The molecule has 0 aliphatic carbocycles. The van der Waals surface area contributed by atoms with Crippen LogP contribution in [0.3, 0.4) is 0 Å². The summed E-state index contributed by atoms with van der Waals surface area (Å²) < 4.78 is 11.4. The summed E-state index contributed by atoms with van der Waals surface area (Å²) in [6.07, 6.45) is 2.91. The van der Waals surface area contributed by atoms with Crippen LogP contribution in [0.15, 0.2) is 58.2 Å². The maximum absolute atomic E-state index is 13.2. The Bertz CT molecular complexity index is 1190. The van der Waals surface area contributed by atoms with Gasteiger partial charge >= 0.3 is 5.97 Å². The first-order valence-electron chi connectivity index (χ1n) is 8.28. The molecule has 0 saturated carbocycles. The van der Waals surface area contributed by atoms with E-state index in [4.69, 9.17) is 9.15 Å². The number of thiophene rings is 1. The second-order valence-corrected chi connectivity index (χ2v) is 7.23. The molecule has 0 aliphatic heterocycles. The fourth-order valence-electron chi connectivity index (χ4n) is 3.12. The molecule has 0 radical (unpaired) electrons. The third-order valence-corrected chi connectivity index (χ3v) is 5.39. The second-order valence-electron chi connectivity index (χ2n) is 6.02. The fraction of sp³-hybridized carbons (Fsp3) is 0.150. The van der Waals surface area contributed by atoms with Crippen LogP contribution < -0.4 is 5.56 Å². The Kier molecular flexibility index (Phi) is 4.37. The summed E-state index contributed by atoms with van der Waals surface area (Å²) in [4.78, 5) is 31.2. The quantitative estimate of drug-likeness (QED) is 0.503. The molecular formula is C20H16N2O4S. The molecule has 0 bridgehead atoms. The predicted octanol–water partition coefficient (Wildman–Crippen LogP) is 3.86.